The lowest BCUT2D eigenvalue weighted by molar-refractivity contribution is -0.139. The summed E-state index contributed by atoms with van der Waals surface area (Å²) in [5.74, 6) is -0.472. The van der Waals surface area contributed by atoms with Crippen molar-refractivity contribution in [3.63, 3.8) is 0 Å². The van der Waals surface area contributed by atoms with Crippen LogP contribution in [0.3, 0.4) is 0 Å². The highest BCUT2D eigenvalue weighted by molar-refractivity contribution is 7.91. The molecule has 112 valence electrons. The maximum absolute atomic E-state index is 11.7. The number of rotatable bonds is 6. The Morgan fingerprint density at radius 3 is 2.47 bits per heavy atom. The highest BCUT2D eigenvalue weighted by atomic mass is 32.2. The SMILES string of the molecule is CC(C)CN(CC(=O)O)C1CCCC(S(C)(=O)=O)C1. The molecule has 0 saturated heterocycles. The molecule has 1 rings (SSSR count). The fourth-order valence-corrected chi connectivity index (χ4v) is 3.99. The molecular formula is C13H25NO4S. The Hall–Kier alpha value is -0.620. The summed E-state index contributed by atoms with van der Waals surface area (Å²) in [4.78, 5) is 12.9. The Morgan fingerprint density at radius 2 is 2.00 bits per heavy atom. The lowest BCUT2D eigenvalue weighted by atomic mass is 9.93. The summed E-state index contributed by atoms with van der Waals surface area (Å²) in [6.07, 6.45) is 4.31. The van der Waals surface area contributed by atoms with Crippen LogP contribution in [0.25, 0.3) is 0 Å². The molecule has 6 heteroatoms. The van der Waals surface area contributed by atoms with Gasteiger partial charge in [-0.2, -0.15) is 0 Å². The van der Waals surface area contributed by atoms with Gasteiger partial charge in [-0.05, 0) is 25.2 Å². The van der Waals surface area contributed by atoms with E-state index in [4.69, 9.17) is 5.11 Å². The molecule has 0 aliphatic heterocycles. The maximum Gasteiger partial charge on any atom is 0.317 e. The Bertz CT molecular complexity index is 405. The molecule has 0 bridgehead atoms. The van der Waals surface area contributed by atoms with Crippen LogP contribution in [-0.2, 0) is 14.6 Å². The molecule has 0 amide bonds. The van der Waals surface area contributed by atoms with Crippen molar-refractivity contribution in [3.05, 3.63) is 0 Å². The van der Waals surface area contributed by atoms with Crippen molar-refractivity contribution in [2.75, 3.05) is 19.3 Å². The quantitative estimate of drug-likeness (QED) is 0.800. The van der Waals surface area contributed by atoms with Crippen molar-refractivity contribution in [2.24, 2.45) is 5.92 Å². The van der Waals surface area contributed by atoms with Gasteiger partial charge in [-0.15, -0.1) is 0 Å². The molecule has 0 aromatic rings. The Balaban J connectivity index is 2.75. The standard InChI is InChI=1S/C13H25NO4S/c1-10(2)8-14(9-13(15)16)11-5-4-6-12(7-11)19(3,17)18/h10-12H,4-9H2,1-3H3,(H,15,16). The number of carbonyl (C=O) groups is 1. The number of carboxylic acids is 1. The summed E-state index contributed by atoms with van der Waals surface area (Å²) < 4.78 is 23.3. The largest absolute Gasteiger partial charge is 0.480 e. The molecule has 0 spiro atoms. The molecule has 1 aliphatic carbocycles. The maximum atomic E-state index is 11.7. The number of hydrogen-bond acceptors (Lipinski definition) is 4. The number of nitrogens with zero attached hydrogens (tertiary/aromatic N) is 1. The number of sulfone groups is 1. The van der Waals surface area contributed by atoms with E-state index in [-0.39, 0.29) is 17.8 Å². The fraction of sp³-hybridized carbons (Fsp3) is 0.923. The van der Waals surface area contributed by atoms with Crippen LogP contribution in [0.1, 0.15) is 39.5 Å². The van der Waals surface area contributed by atoms with Gasteiger partial charge in [0.2, 0.25) is 0 Å². The van der Waals surface area contributed by atoms with E-state index in [9.17, 15) is 13.2 Å². The van der Waals surface area contributed by atoms with Crippen LogP contribution in [0.15, 0.2) is 0 Å². The molecular weight excluding hydrogens is 266 g/mol. The Morgan fingerprint density at radius 1 is 1.37 bits per heavy atom. The van der Waals surface area contributed by atoms with Gasteiger partial charge in [-0.25, -0.2) is 8.42 Å². The zero-order valence-corrected chi connectivity index (χ0v) is 12.8. The Labute approximate surface area is 115 Å². The summed E-state index contributed by atoms with van der Waals surface area (Å²) in [7, 11) is -3.02. The first-order valence-electron chi connectivity index (χ1n) is 6.85. The van der Waals surface area contributed by atoms with Crippen LogP contribution in [-0.4, -0.2) is 55.0 Å². The monoisotopic (exact) mass is 291 g/mol. The van der Waals surface area contributed by atoms with E-state index in [1.807, 2.05) is 18.7 Å². The number of aliphatic carboxylic acids is 1. The van der Waals surface area contributed by atoms with Crippen LogP contribution in [0.2, 0.25) is 0 Å². The first-order valence-corrected chi connectivity index (χ1v) is 8.80. The van der Waals surface area contributed by atoms with Gasteiger partial charge < -0.3 is 5.11 Å². The minimum Gasteiger partial charge on any atom is -0.480 e. The second-order valence-corrected chi connectivity index (χ2v) is 8.31. The van der Waals surface area contributed by atoms with Crippen molar-refractivity contribution in [2.45, 2.75) is 50.8 Å². The minimum atomic E-state index is -3.02. The van der Waals surface area contributed by atoms with E-state index in [1.165, 1.54) is 6.26 Å². The molecule has 2 atom stereocenters. The van der Waals surface area contributed by atoms with E-state index in [2.05, 4.69) is 0 Å². The average Bonchev–Trinajstić information content (AvgIpc) is 2.26. The fourth-order valence-electron chi connectivity index (χ4n) is 2.83. The van der Waals surface area contributed by atoms with Gasteiger partial charge in [-0.1, -0.05) is 20.3 Å². The Kier molecular flexibility index (Phi) is 5.80. The number of carboxylic acid groups (broad SMARTS) is 1. The summed E-state index contributed by atoms with van der Waals surface area (Å²) in [5, 5.41) is 8.68. The van der Waals surface area contributed by atoms with E-state index in [0.717, 1.165) is 12.8 Å². The summed E-state index contributed by atoms with van der Waals surface area (Å²) in [6, 6.07) is 0.0759. The van der Waals surface area contributed by atoms with Crippen LogP contribution < -0.4 is 0 Å². The lowest BCUT2D eigenvalue weighted by Gasteiger charge is -2.37. The molecule has 0 aromatic heterocycles. The molecule has 1 fully saturated rings. The summed E-state index contributed by atoms with van der Waals surface area (Å²) in [5.41, 5.74) is 0. The van der Waals surface area contributed by atoms with Crippen LogP contribution in [0.4, 0.5) is 0 Å². The van der Waals surface area contributed by atoms with Gasteiger partial charge in [0.05, 0.1) is 11.8 Å². The molecule has 1 saturated carbocycles. The molecule has 0 radical (unpaired) electrons. The van der Waals surface area contributed by atoms with Gasteiger partial charge in [0.25, 0.3) is 0 Å². The molecule has 1 N–H and O–H groups in total. The molecule has 5 nitrogen and oxygen atoms in total. The van der Waals surface area contributed by atoms with Gasteiger partial charge in [-0.3, -0.25) is 9.69 Å². The van der Waals surface area contributed by atoms with Crippen LogP contribution >= 0.6 is 0 Å². The van der Waals surface area contributed by atoms with Crippen LogP contribution in [0.5, 0.6) is 0 Å². The van der Waals surface area contributed by atoms with Crippen molar-refractivity contribution in [3.8, 4) is 0 Å². The molecule has 19 heavy (non-hydrogen) atoms. The highest BCUT2D eigenvalue weighted by Crippen LogP contribution is 2.27. The van der Waals surface area contributed by atoms with E-state index in [0.29, 0.717) is 25.3 Å². The lowest BCUT2D eigenvalue weighted by Crippen LogP contribution is -2.45. The van der Waals surface area contributed by atoms with Crippen molar-refractivity contribution in [1.29, 1.82) is 0 Å². The predicted octanol–water partition coefficient (Wildman–Crippen LogP) is 1.38. The predicted molar refractivity (Wildman–Crippen MR) is 74.9 cm³/mol. The van der Waals surface area contributed by atoms with Gasteiger partial charge in [0.1, 0.15) is 9.84 Å². The molecule has 2 unspecified atom stereocenters. The van der Waals surface area contributed by atoms with Gasteiger partial charge >= 0.3 is 5.97 Å². The second-order valence-electron chi connectivity index (χ2n) is 5.99. The van der Waals surface area contributed by atoms with E-state index >= 15 is 0 Å². The van der Waals surface area contributed by atoms with Crippen molar-refractivity contribution >= 4 is 15.8 Å². The van der Waals surface area contributed by atoms with Crippen molar-refractivity contribution in [1.82, 2.24) is 4.90 Å². The highest BCUT2D eigenvalue weighted by Gasteiger charge is 2.32. The third-order valence-corrected chi connectivity index (χ3v) is 5.30. The van der Waals surface area contributed by atoms with Crippen molar-refractivity contribution < 1.29 is 18.3 Å². The first-order chi connectivity index (χ1) is 8.70. The van der Waals surface area contributed by atoms with E-state index in [1.54, 1.807) is 0 Å². The zero-order valence-electron chi connectivity index (χ0n) is 12.0. The third-order valence-electron chi connectivity index (χ3n) is 3.66. The minimum absolute atomic E-state index is 0.000666. The van der Waals surface area contributed by atoms with Gasteiger partial charge in [0.15, 0.2) is 0 Å². The normalized spacial score (nSPS) is 24.9. The molecule has 0 heterocycles. The number of hydrogen-bond donors (Lipinski definition) is 1. The summed E-state index contributed by atoms with van der Waals surface area (Å²) in [6.45, 7) is 4.80. The molecule has 1 aliphatic rings. The first kappa shape index (κ1) is 16.4. The van der Waals surface area contributed by atoms with E-state index < -0.39 is 15.8 Å². The van der Waals surface area contributed by atoms with Gasteiger partial charge in [0, 0.05) is 18.8 Å². The average molecular weight is 291 g/mol. The third kappa shape index (κ3) is 5.48. The second kappa shape index (κ2) is 6.70. The topological polar surface area (TPSA) is 74.7 Å². The van der Waals surface area contributed by atoms with Crippen LogP contribution in [0, 0.1) is 5.92 Å². The smallest absolute Gasteiger partial charge is 0.317 e. The zero-order chi connectivity index (χ0) is 14.6. The summed E-state index contributed by atoms with van der Waals surface area (Å²) >= 11 is 0. The molecule has 0 aromatic carbocycles.